The average molecular weight is 377 g/mol. The van der Waals surface area contributed by atoms with E-state index in [0.717, 1.165) is 11.3 Å². The number of hydrogen-bond donors (Lipinski definition) is 1. The van der Waals surface area contributed by atoms with Crippen LogP contribution in [0.15, 0.2) is 48.5 Å². The molecule has 2 amide bonds. The highest BCUT2D eigenvalue weighted by Crippen LogP contribution is 2.25. The Bertz CT molecular complexity index is 780. The molecule has 1 N–H and O–H groups in total. The number of halogens is 2. The van der Waals surface area contributed by atoms with Gasteiger partial charge in [0.15, 0.2) is 0 Å². The Hall–Kier alpha value is -2.04. The highest BCUT2D eigenvalue weighted by atomic mass is 35.5. The number of nitrogens with one attached hydrogen (secondary N) is 1. The summed E-state index contributed by atoms with van der Waals surface area (Å²) in [7, 11) is 0. The number of benzene rings is 2. The van der Waals surface area contributed by atoms with Crippen LogP contribution in [0.5, 0.6) is 0 Å². The van der Waals surface area contributed by atoms with Gasteiger partial charge in [0, 0.05) is 35.2 Å². The minimum atomic E-state index is -0.326. The van der Waals surface area contributed by atoms with Gasteiger partial charge in [0.25, 0.3) is 0 Å². The molecule has 1 saturated heterocycles. The summed E-state index contributed by atoms with van der Waals surface area (Å²) in [5.74, 6) is -0.447. The molecule has 1 aliphatic rings. The third-order valence-corrected chi connectivity index (χ3v) is 4.86. The zero-order chi connectivity index (χ0) is 17.8. The molecule has 130 valence electrons. The Labute approximate surface area is 156 Å². The van der Waals surface area contributed by atoms with E-state index in [4.69, 9.17) is 23.2 Å². The molecule has 0 aliphatic carbocycles. The smallest absolute Gasteiger partial charge is 0.227 e. The van der Waals surface area contributed by atoms with Crippen molar-refractivity contribution >= 4 is 40.7 Å². The third-order valence-electron chi connectivity index (χ3n) is 4.27. The molecule has 1 fully saturated rings. The Morgan fingerprint density at radius 1 is 1.16 bits per heavy atom. The molecule has 1 heterocycles. The first-order valence-corrected chi connectivity index (χ1v) is 8.87. The van der Waals surface area contributed by atoms with E-state index in [9.17, 15) is 9.59 Å². The SMILES string of the molecule is O=C(NCCc1ccc(Cl)cc1Cl)[C@@H]1CC(=O)N(c2ccccc2)C1. The average Bonchev–Trinajstić information content (AvgIpc) is 2.99. The molecule has 1 aliphatic heterocycles. The van der Waals surface area contributed by atoms with Crippen LogP contribution >= 0.6 is 23.2 Å². The largest absolute Gasteiger partial charge is 0.355 e. The van der Waals surface area contributed by atoms with E-state index < -0.39 is 0 Å². The van der Waals surface area contributed by atoms with Crippen molar-refractivity contribution in [1.29, 1.82) is 0 Å². The van der Waals surface area contributed by atoms with Crippen LogP contribution in [0.2, 0.25) is 10.0 Å². The molecule has 0 bridgehead atoms. The quantitative estimate of drug-likeness (QED) is 0.864. The zero-order valence-corrected chi connectivity index (χ0v) is 15.1. The van der Waals surface area contributed by atoms with Crippen LogP contribution in [-0.4, -0.2) is 24.9 Å². The van der Waals surface area contributed by atoms with Crippen molar-refractivity contribution < 1.29 is 9.59 Å². The summed E-state index contributed by atoms with van der Waals surface area (Å²) in [6, 6.07) is 14.7. The Kier molecular flexibility index (Phi) is 5.61. The highest BCUT2D eigenvalue weighted by molar-refractivity contribution is 6.35. The summed E-state index contributed by atoms with van der Waals surface area (Å²) in [6.45, 7) is 0.882. The van der Waals surface area contributed by atoms with Gasteiger partial charge in [-0.3, -0.25) is 9.59 Å². The van der Waals surface area contributed by atoms with Gasteiger partial charge in [0.2, 0.25) is 11.8 Å². The normalized spacial score (nSPS) is 17.0. The Morgan fingerprint density at radius 2 is 1.92 bits per heavy atom. The number of nitrogens with zero attached hydrogens (tertiary/aromatic N) is 1. The van der Waals surface area contributed by atoms with Gasteiger partial charge in [-0.2, -0.15) is 0 Å². The lowest BCUT2D eigenvalue weighted by atomic mass is 10.1. The van der Waals surface area contributed by atoms with Crippen molar-refractivity contribution in [3.05, 3.63) is 64.1 Å². The summed E-state index contributed by atoms with van der Waals surface area (Å²) in [6.07, 6.45) is 0.854. The number of carbonyl (C=O) groups is 2. The number of hydrogen-bond acceptors (Lipinski definition) is 2. The second kappa shape index (κ2) is 7.89. The maximum absolute atomic E-state index is 12.4. The molecule has 3 rings (SSSR count). The lowest BCUT2D eigenvalue weighted by Crippen LogP contribution is -2.34. The van der Waals surface area contributed by atoms with Gasteiger partial charge in [-0.25, -0.2) is 0 Å². The van der Waals surface area contributed by atoms with E-state index in [2.05, 4.69) is 5.32 Å². The fourth-order valence-electron chi connectivity index (χ4n) is 2.93. The number of amides is 2. The molecular formula is C19H18Cl2N2O2. The first-order chi connectivity index (χ1) is 12.0. The number of carbonyl (C=O) groups excluding carboxylic acids is 2. The van der Waals surface area contributed by atoms with Gasteiger partial charge in [-0.15, -0.1) is 0 Å². The maximum atomic E-state index is 12.4. The standard InChI is InChI=1S/C19H18Cl2N2O2/c20-15-7-6-13(17(21)11-15)8-9-22-19(25)14-10-18(24)23(12-14)16-4-2-1-3-5-16/h1-7,11,14H,8-10,12H2,(H,22,25)/t14-/m1/s1. The van der Waals surface area contributed by atoms with Crippen molar-refractivity contribution in [3.63, 3.8) is 0 Å². The summed E-state index contributed by atoms with van der Waals surface area (Å²) >= 11 is 12.0. The van der Waals surface area contributed by atoms with Crippen LogP contribution in [0.1, 0.15) is 12.0 Å². The maximum Gasteiger partial charge on any atom is 0.227 e. The van der Waals surface area contributed by atoms with Gasteiger partial charge < -0.3 is 10.2 Å². The molecular weight excluding hydrogens is 359 g/mol. The summed E-state index contributed by atoms with van der Waals surface area (Å²) in [5, 5.41) is 4.08. The first-order valence-electron chi connectivity index (χ1n) is 8.11. The first kappa shape index (κ1) is 17.8. The minimum Gasteiger partial charge on any atom is -0.355 e. The fourth-order valence-corrected chi connectivity index (χ4v) is 3.43. The predicted octanol–water partition coefficient (Wildman–Crippen LogP) is 3.71. The number of anilines is 1. The molecule has 25 heavy (non-hydrogen) atoms. The van der Waals surface area contributed by atoms with Crippen LogP contribution < -0.4 is 10.2 Å². The van der Waals surface area contributed by atoms with Crippen molar-refractivity contribution in [3.8, 4) is 0 Å². The van der Waals surface area contributed by atoms with Crippen molar-refractivity contribution in [2.24, 2.45) is 5.92 Å². The van der Waals surface area contributed by atoms with Gasteiger partial charge >= 0.3 is 0 Å². The Balaban J connectivity index is 1.53. The Morgan fingerprint density at radius 3 is 2.64 bits per heavy atom. The van der Waals surface area contributed by atoms with Crippen molar-refractivity contribution in [1.82, 2.24) is 5.32 Å². The van der Waals surface area contributed by atoms with Crippen LogP contribution in [-0.2, 0) is 16.0 Å². The van der Waals surface area contributed by atoms with E-state index in [1.165, 1.54) is 0 Å². The van der Waals surface area contributed by atoms with E-state index >= 15 is 0 Å². The van der Waals surface area contributed by atoms with E-state index in [0.29, 0.717) is 29.6 Å². The van der Waals surface area contributed by atoms with Crippen LogP contribution in [0.4, 0.5) is 5.69 Å². The lowest BCUT2D eigenvalue weighted by Gasteiger charge is -2.16. The molecule has 0 spiro atoms. The van der Waals surface area contributed by atoms with Gasteiger partial charge in [0.05, 0.1) is 5.92 Å². The van der Waals surface area contributed by atoms with Crippen LogP contribution in [0.25, 0.3) is 0 Å². The topological polar surface area (TPSA) is 49.4 Å². The molecule has 0 saturated carbocycles. The molecule has 6 heteroatoms. The molecule has 0 radical (unpaired) electrons. The fraction of sp³-hybridized carbons (Fsp3) is 0.263. The molecule has 0 aromatic heterocycles. The molecule has 4 nitrogen and oxygen atoms in total. The van der Waals surface area contributed by atoms with Gasteiger partial charge in [0.1, 0.15) is 0 Å². The highest BCUT2D eigenvalue weighted by Gasteiger charge is 2.34. The number of para-hydroxylation sites is 1. The van der Waals surface area contributed by atoms with Gasteiger partial charge in [-0.05, 0) is 36.2 Å². The summed E-state index contributed by atoms with van der Waals surface area (Å²) in [4.78, 5) is 26.2. The third kappa shape index (κ3) is 4.33. The molecule has 1 atom stereocenters. The summed E-state index contributed by atoms with van der Waals surface area (Å²) < 4.78 is 0. The monoisotopic (exact) mass is 376 g/mol. The minimum absolute atomic E-state index is 0.0212. The van der Waals surface area contributed by atoms with E-state index in [-0.39, 0.29) is 24.2 Å². The summed E-state index contributed by atoms with van der Waals surface area (Å²) in [5.41, 5.74) is 1.76. The molecule has 0 unspecified atom stereocenters. The number of rotatable bonds is 5. The van der Waals surface area contributed by atoms with Crippen LogP contribution in [0.3, 0.4) is 0 Å². The van der Waals surface area contributed by atoms with E-state index in [1.54, 1.807) is 17.0 Å². The molecule has 2 aromatic rings. The second-order valence-corrected chi connectivity index (χ2v) is 6.86. The molecule has 2 aromatic carbocycles. The van der Waals surface area contributed by atoms with Gasteiger partial charge in [-0.1, -0.05) is 47.5 Å². The lowest BCUT2D eigenvalue weighted by molar-refractivity contribution is -0.126. The van der Waals surface area contributed by atoms with Crippen molar-refractivity contribution in [2.75, 3.05) is 18.0 Å². The van der Waals surface area contributed by atoms with Crippen LogP contribution in [0, 0.1) is 5.92 Å². The van der Waals surface area contributed by atoms with E-state index in [1.807, 2.05) is 36.4 Å². The van der Waals surface area contributed by atoms with Crippen molar-refractivity contribution in [2.45, 2.75) is 12.8 Å². The predicted molar refractivity (Wildman–Crippen MR) is 100 cm³/mol. The second-order valence-electron chi connectivity index (χ2n) is 6.02. The zero-order valence-electron chi connectivity index (χ0n) is 13.5.